The topological polar surface area (TPSA) is 37.3 Å². The largest absolute Gasteiger partial charge is 0.478 e. The summed E-state index contributed by atoms with van der Waals surface area (Å²) in [6, 6.07) is 0. The Morgan fingerprint density at radius 2 is 1.86 bits per heavy atom. The Hall–Kier alpha value is -1.57. The van der Waals surface area contributed by atoms with Crippen LogP contribution in [0.2, 0.25) is 0 Å². The van der Waals surface area contributed by atoms with Gasteiger partial charge in [0.05, 0.1) is 0 Å². The van der Waals surface area contributed by atoms with Crippen LogP contribution in [0, 0.1) is 17.3 Å². The Kier molecular flexibility index (Phi) is 6.86. The predicted molar refractivity (Wildman–Crippen MR) is 93.7 cm³/mol. The molecular formula is C20H30O2. The second-order valence-corrected chi connectivity index (χ2v) is 7.24. The van der Waals surface area contributed by atoms with E-state index in [9.17, 15) is 4.79 Å². The molecule has 1 aliphatic rings. The summed E-state index contributed by atoms with van der Waals surface area (Å²) in [5, 5.41) is 8.66. The van der Waals surface area contributed by atoms with Gasteiger partial charge in [-0.2, -0.15) is 0 Å². The molecule has 122 valence electrons. The third-order valence-corrected chi connectivity index (χ3v) is 4.63. The van der Waals surface area contributed by atoms with Gasteiger partial charge in [-0.1, -0.05) is 69.6 Å². The van der Waals surface area contributed by atoms with E-state index in [-0.39, 0.29) is 0 Å². The highest BCUT2D eigenvalue weighted by Gasteiger charge is 2.34. The normalized spacial score (nSPS) is 26.8. The first-order chi connectivity index (χ1) is 10.2. The minimum absolute atomic E-state index is 0.380. The highest BCUT2D eigenvalue weighted by atomic mass is 16.4. The van der Waals surface area contributed by atoms with Crippen LogP contribution in [0.25, 0.3) is 0 Å². The van der Waals surface area contributed by atoms with Crippen LogP contribution in [-0.2, 0) is 4.79 Å². The Morgan fingerprint density at radius 3 is 2.45 bits per heavy atom. The second kappa shape index (κ2) is 8.17. The van der Waals surface area contributed by atoms with Gasteiger partial charge in [0.15, 0.2) is 0 Å². The number of rotatable bonds is 5. The van der Waals surface area contributed by atoms with E-state index in [2.05, 4.69) is 39.8 Å². The van der Waals surface area contributed by atoms with Crippen molar-refractivity contribution in [1.29, 1.82) is 0 Å². The molecule has 0 bridgehead atoms. The van der Waals surface area contributed by atoms with E-state index >= 15 is 0 Å². The first-order valence-electron chi connectivity index (χ1n) is 8.17. The van der Waals surface area contributed by atoms with E-state index in [0.717, 1.165) is 11.5 Å². The Balaban J connectivity index is 2.70. The van der Waals surface area contributed by atoms with Crippen LogP contribution in [0.1, 0.15) is 53.9 Å². The average Bonchev–Trinajstić information content (AvgIpc) is 2.36. The lowest BCUT2D eigenvalue weighted by atomic mass is 9.64. The average molecular weight is 302 g/mol. The van der Waals surface area contributed by atoms with Gasteiger partial charge in [0.2, 0.25) is 0 Å². The van der Waals surface area contributed by atoms with E-state index in [1.807, 2.05) is 18.2 Å². The summed E-state index contributed by atoms with van der Waals surface area (Å²) in [6.45, 7) is 11.0. The molecule has 0 radical (unpaired) electrons. The van der Waals surface area contributed by atoms with Gasteiger partial charge in [0.1, 0.15) is 0 Å². The lowest BCUT2D eigenvalue weighted by molar-refractivity contribution is -0.131. The standard InChI is InChI=1S/C20H30O2/c1-15(8-6-9-16(2)14-19(21)22)11-12-18-17(3)10-7-13-20(18,4)5/h6,8-9,11-12,14,17-18H,7,10,13H2,1-5H3,(H,21,22)/b9-6+,12-11+,15-8+,16-14-. The molecule has 2 heteroatoms. The van der Waals surface area contributed by atoms with Crippen molar-refractivity contribution in [3.63, 3.8) is 0 Å². The van der Waals surface area contributed by atoms with E-state index in [4.69, 9.17) is 5.11 Å². The second-order valence-electron chi connectivity index (χ2n) is 7.24. The number of hydrogen-bond acceptors (Lipinski definition) is 1. The summed E-state index contributed by atoms with van der Waals surface area (Å²) in [7, 11) is 0. The van der Waals surface area contributed by atoms with E-state index < -0.39 is 5.97 Å². The fourth-order valence-corrected chi connectivity index (χ4v) is 3.35. The lowest BCUT2D eigenvalue weighted by Gasteiger charge is -2.41. The van der Waals surface area contributed by atoms with Gasteiger partial charge in [-0.3, -0.25) is 0 Å². The molecule has 1 fully saturated rings. The fraction of sp³-hybridized carbons (Fsp3) is 0.550. The summed E-state index contributed by atoms with van der Waals surface area (Å²) in [5.41, 5.74) is 2.31. The maximum atomic E-state index is 10.5. The zero-order valence-corrected chi connectivity index (χ0v) is 14.6. The molecule has 0 spiro atoms. The number of allylic oxidation sites excluding steroid dienone is 7. The first-order valence-corrected chi connectivity index (χ1v) is 8.17. The highest BCUT2D eigenvalue weighted by Crippen LogP contribution is 2.44. The zero-order valence-electron chi connectivity index (χ0n) is 14.6. The number of carboxylic acid groups (broad SMARTS) is 1. The van der Waals surface area contributed by atoms with Crippen LogP contribution in [-0.4, -0.2) is 11.1 Å². The molecule has 1 saturated carbocycles. The molecule has 0 aromatic heterocycles. The molecule has 22 heavy (non-hydrogen) atoms. The van der Waals surface area contributed by atoms with Crippen LogP contribution < -0.4 is 0 Å². The Labute approximate surface area is 135 Å². The number of aliphatic carboxylic acids is 1. The third-order valence-electron chi connectivity index (χ3n) is 4.63. The fourth-order valence-electron chi connectivity index (χ4n) is 3.35. The van der Waals surface area contributed by atoms with Gasteiger partial charge >= 0.3 is 5.97 Å². The van der Waals surface area contributed by atoms with Gasteiger partial charge in [0, 0.05) is 6.08 Å². The van der Waals surface area contributed by atoms with Gasteiger partial charge in [-0.05, 0) is 43.1 Å². The van der Waals surface area contributed by atoms with Gasteiger partial charge < -0.3 is 5.11 Å². The molecule has 2 nitrogen and oxygen atoms in total. The molecule has 1 rings (SSSR count). The summed E-state index contributed by atoms with van der Waals surface area (Å²) in [4.78, 5) is 10.5. The molecule has 0 heterocycles. The monoisotopic (exact) mass is 302 g/mol. The van der Waals surface area contributed by atoms with Crippen molar-refractivity contribution in [3.8, 4) is 0 Å². The summed E-state index contributed by atoms with van der Waals surface area (Å²) in [5.74, 6) is 0.461. The van der Waals surface area contributed by atoms with Crippen LogP contribution in [0.15, 0.2) is 47.6 Å². The van der Waals surface area contributed by atoms with Gasteiger partial charge in [-0.25, -0.2) is 4.79 Å². The van der Waals surface area contributed by atoms with Crippen molar-refractivity contribution < 1.29 is 9.90 Å². The van der Waals surface area contributed by atoms with Crippen molar-refractivity contribution in [2.24, 2.45) is 17.3 Å². The molecule has 0 aromatic rings. The molecular weight excluding hydrogens is 272 g/mol. The van der Waals surface area contributed by atoms with E-state index in [1.165, 1.54) is 30.9 Å². The molecule has 0 aliphatic heterocycles. The third kappa shape index (κ3) is 6.05. The van der Waals surface area contributed by atoms with E-state index in [1.54, 1.807) is 6.92 Å². The van der Waals surface area contributed by atoms with Crippen molar-refractivity contribution in [2.75, 3.05) is 0 Å². The SMILES string of the molecule is CC(=C/C(=O)O)/C=C/C=C(C)/C=C/C1C(C)CCCC1(C)C. The predicted octanol–water partition coefficient (Wildman–Crippen LogP) is 5.54. The van der Waals surface area contributed by atoms with Crippen molar-refractivity contribution in [1.82, 2.24) is 0 Å². The lowest BCUT2D eigenvalue weighted by Crippen LogP contribution is -2.32. The Morgan fingerprint density at radius 1 is 1.18 bits per heavy atom. The number of hydrogen-bond donors (Lipinski definition) is 1. The van der Waals surface area contributed by atoms with Crippen molar-refractivity contribution in [2.45, 2.75) is 53.9 Å². The molecule has 0 amide bonds. The Bertz CT molecular complexity index is 504. The van der Waals surface area contributed by atoms with Crippen LogP contribution in [0.4, 0.5) is 0 Å². The molecule has 0 aromatic carbocycles. The number of carboxylic acids is 1. The summed E-state index contributed by atoms with van der Waals surface area (Å²) in [6.07, 6.45) is 15.5. The van der Waals surface area contributed by atoms with Crippen LogP contribution in [0.5, 0.6) is 0 Å². The van der Waals surface area contributed by atoms with E-state index in [0.29, 0.717) is 11.3 Å². The van der Waals surface area contributed by atoms with Crippen molar-refractivity contribution in [3.05, 3.63) is 47.6 Å². The minimum Gasteiger partial charge on any atom is -0.478 e. The maximum Gasteiger partial charge on any atom is 0.328 e. The highest BCUT2D eigenvalue weighted by molar-refractivity contribution is 5.81. The zero-order chi connectivity index (χ0) is 16.8. The summed E-state index contributed by atoms with van der Waals surface area (Å²) < 4.78 is 0. The van der Waals surface area contributed by atoms with Gasteiger partial charge in [0.25, 0.3) is 0 Å². The maximum absolute atomic E-state index is 10.5. The molecule has 1 N–H and O–H groups in total. The molecule has 1 aliphatic carbocycles. The quantitative estimate of drug-likeness (QED) is 0.535. The van der Waals surface area contributed by atoms with Crippen LogP contribution in [0.3, 0.4) is 0 Å². The van der Waals surface area contributed by atoms with Crippen LogP contribution >= 0.6 is 0 Å². The number of carbonyl (C=O) groups is 1. The van der Waals surface area contributed by atoms with Gasteiger partial charge in [-0.15, -0.1) is 0 Å². The first kappa shape index (κ1) is 18.5. The molecule has 2 unspecified atom stereocenters. The van der Waals surface area contributed by atoms with Crippen molar-refractivity contribution >= 4 is 5.97 Å². The minimum atomic E-state index is -0.906. The molecule has 0 saturated heterocycles. The smallest absolute Gasteiger partial charge is 0.328 e. The molecule has 2 atom stereocenters. The summed E-state index contributed by atoms with van der Waals surface area (Å²) >= 11 is 0.